The quantitative estimate of drug-likeness (QED) is 0.876. The summed E-state index contributed by atoms with van der Waals surface area (Å²) < 4.78 is 0. The molecular weight excluding hydrogens is 228 g/mol. The largest absolute Gasteiger partial charge is 0.394 e. The van der Waals surface area contributed by atoms with Crippen LogP contribution in [-0.4, -0.2) is 40.1 Å². The number of aromatic nitrogens is 1. The molecule has 1 rings (SSSR count). The zero-order valence-corrected chi connectivity index (χ0v) is 10.3. The van der Waals surface area contributed by atoms with Crippen LogP contribution in [0.5, 0.6) is 0 Å². The highest BCUT2D eigenvalue weighted by Gasteiger charge is 2.28. The van der Waals surface area contributed by atoms with Gasteiger partial charge in [-0.25, -0.2) is 4.98 Å². The number of halogens is 1. The molecule has 0 aliphatic rings. The Morgan fingerprint density at radius 2 is 2.19 bits per heavy atom. The van der Waals surface area contributed by atoms with E-state index in [1.807, 2.05) is 0 Å². The molecule has 88 valence electrons. The van der Waals surface area contributed by atoms with Crippen molar-refractivity contribution >= 4 is 17.5 Å². The van der Waals surface area contributed by atoms with Crippen molar-refractivity contribution in [2.24, 2.45) is 0 Å². The average Bonchev–Trinajstić information content (AvgIpc) is 2.28. The molecule has 0 fully saturated rings. The number of amides is 1. The molecule has 0 spiro atoms. The molecule has 0 aliphatic carbocycles. The molecule has 5 heteroatoms. The van der Waals surface area contributed by atoms with Gasteiger partial charge in [-0.1, -0.05) is 11.6 Å². The zero-order valence-electron chi connectivity index (χ0n) is 9.57. The number of rotatable bonds is 3. The van der Waals surface area contributed by atoms with Crippen molar-refractivity contribution < 1.29 is 9.90 Å². The van der Waals surface area contributed by atoms with Gasteiger partial charge in [-0.15, -0.1) is 0 Å². The summed E-state index contributed by atoms with van der Waals surface area (Å²) in [6.07, 6.45) is 1.43. The van der Waals surface area contributed by atoms with E-state index in [0.29, 0.717) is 10.7 Å². The van der Waals surface area contributed by atoms with E-state index < -0.39 is 5.54 Å². The first kappa shape index (κ1) is 12.9. The highest BCUT2D eigenvalue weighted by atomic mass is 35.5. The summed E-state index contributed by atoms with van der Waals surface area (Å²) in [4.78, 5) is 17.4. The topological polar surface area (TPSA) is 53.4 Å². The summed E-state index contributed by atoms with van der Waals surface area (Å²) in [6.45, 7) is 3.45. The molecule has 4 nitrogen and oxygen atoms in total. The summed E-state index contributed by atoms with van der Waals surface area (Å²) in [7, 11) is 1.63. The summed E-state index contributed by atoms with van der Waals surface area (Å²) in [6, 6.07) is 3.18. The zero-order chi connectivity index (χ0) is 12.3. The highest BCUT2D eigenvalue weighted by Crippen LogP contribution is 2.15. The number of carbonyl (C=O) groups excluding carboxylic acids is 1. The maximum atomic E-state index is 12.0. The van der Waals surface area contributed by atoms with Crippen molar-refractivity contribution in [3.63, 3.8) is 0 Å². The number of pyridine rings is 1. The van der Waals surface area contributed by atoms with Gasteiger partial charge in [0.25, 0.3) is 5.91 Å². The number of nitrogens with zero attached hydrogens (tertiary/aromatic N) is 2. The number of aliphatic hydroxyl groups is 1. The molecule has 0 bridgehead atoms. The Hall–Kier alpha value is -1.13. The van der Waals surface area contributed by atoms with Crippen molar-refractivity contribution in [1.29, 1.82) is 0 Å². The number of likely N-dealkylation sites (N-methyl/N-ethyl adjacent to an activating group) is 1. The van der Waals surface area contributed by atoms with Crippen LogP contribution in [0, 0.1) is 0 Å². The van der Waals surface area contributed by atoms with E-state index in [-0.39, 0.29) is 12.5 Å². The minimum atomic E-state index is -0.613. The number of hydrogen-bond donors (Lipinski definition) is 1. The third kappa shape index (κ3) is 2.71. The molecule has 0 radical (unpaired) electrons. The van der Waals surface area contributed by atoms with Crippen molar-refractivity contribution in [3.8, 4) is 0 Å². The third-order valence-electron chi connectivity index (χ3n) is 2.55. The van der Waals surface area contributed by atoms with E-state index in [0.717, 1.165) is 0 Å². The summed E-state index contributed by atoms with van der Waals surface area (Å²) in [5, 5.41) is 9.66. The lowest BCUT2D eigenvalue weighted by Crippen LogP contribution is -2.47. The molecule has 0 saturated heterocycles. The van der Waals surface area contributed by atoms with Crippen LogP contribution in [0.1, 0.15) is 24.3 Å². The van der Waals surface area contributed by atoms with E-state index in [4.69, 9.17) is 16.7 Å². The van der Waals surface area contributed by atoms with Crippen LogP contribution in [0.15, 0.2) is 18.3 Å². The van der Waals surface area contributed by atoms with Gasteiger partial charge in [0.1, 0.15) is 5.69 Å². The van der Waals surface area contributed by atoms with Crippen LogP contribution in [0.2, 0.25) is 5.02 Å². The average molecular weight is 243 g/mol. The highest BCUT2D eigenvalue weighted by molar-refractivity contribution is 6.30. The molecule has 0 aliphatic heterocycles. The molecule has 1 aromatic rings. The maximum Gasteiger partial charge on any atom is 0.272 e. The fourth-order valence-corrected chi connectivity index (χ4v) is 1.17. The second-order valence-electron chi connectivity index (χ2n) is 4.20. The normalized spacial score (nSPS) is 11.3. The summed E-state index contributed by atoms with van der Waals surface area (Å²) in [5.74, 6) is -0.240. The second-order valence-corrected chi connectivity index (χ2v) is 4.63. The van der Waals surface area contributed by atoms with E-state index in [1.54, 1.807) is 33.0 Å². The van der Waals surface area contributed by atoms with Gasteiger partial charge in [0.2, 0.25) is 0 Å². The fourth-order valence-electron chi connectivity index (χ4n) is 1.06. The monoisotopic (exact) mass is 242 g/mol. The molecule has 1 amide bonds. The lowest BCUT2D eigenvalue weighted by Gasteiger charge is -2.33. The van der Waals surface area contributed by atoms with Crippen molar-refractivity contribution in [2.75, 3.05) is 13.7 Å². The van der Waals surface area contributed by atoms with Crippen LogP contribution >= 0.6 is 11.6 Å². The third-order valence-corrected chi connectivity index (χ3v) is 2.77. The smallest absolute Gasteiger partial charge is 0.272 e. The first-order valence-electron chi connectivity index (χ1n) is 4.89. The van der Waals surface area contributed by atoms with Crippen LogP contribution in [0.25, 0.3) is 0 Å². The predicted octanol–water partition coefficient (Wildman–Crippen LogP) is 1.58. The Morgan fingerprint density at radius 3 is 2.62 bits per heavy atom. The van der Waals surface area contributed by atoms with Crippen LogP contribution < -0.4 is 0 Å². The minimum absolute atomic E-state index is 0.108. The molecule has 1 aromatic heterocycles. The number of hydrogen-bond acceptors (Lipinski definition) is 3. The minimum Gasteiger partial charge on any atom is -0.394 e. The van der Waals surface area contributed by atoms with Gasteiger partial charge in [-0.2, -0.15) is 0 Å². The van der Waals surface area contributed by atoms with E-state index in [2.05, 4.69) is 4.98 Å². The van der Waals surface area contributed by atoms with E-state index in [1.165, 1.54) is 11.1 Å². The van der Waals surface area contributed by atoms with Crippen LogP contribution in [0.3, 0.4) is 0 Å². The SMILES string of the molecule is CN(C(=O)c1ccc(Cl)cn1)C(C)(C)CO. The Bertz CT molecular complexity index is 376. The molecule has 0 saturated carbocycles. The molecule has 0 unspecified atom stereocenters. The molecule has 0 atom stereocenters. The Morgan fingerprint density at radius 1 is 1.56 bits per heavy atom. The van der Waals surface area contributed by atoms with Crippen molar-refractivity contribution in [3.05, 3.63) is 29.0 Å². The standard InChI is InChI=1S/C11H15ClN2O2/c1-11(2,7-15)14(3)10(16)9-5-4-8(12)6-13-9/h4-6,15H,7H2,1-3H3. The van der Waals surface area contributed by atoms with Gasteiger partial charge in [0, 0.05) is 13.2 Å². The molecule has 16 heavy (non-hydrogen) atoms. The molecule has 1 N–H and O–H groups in total. The lowest BCUT2D eigenvalue weighted by atomic mass is 10.0. The summed E-state index contributed by atoms with van der Waals surface area (Å²) >= 11 is 5.69. The predicted molar refractivity (Wildman–Crippen MR) is 62.5 cm³/mol. The molecule has 1 heterocycles. The van der Waals surface area contributed by atoms with Gasteiger partial charge in [-0.3, -0.25) is 4.79 Å². The Labute approximate surface area is 99.9 Å². The van der Waals surface area contributed by atoms with Crippen LogP contribution in [-0.2, 0) is 0 Å². The Kier molecular flexibility index (Phi) is 3.88. The number of aliphatic hydroxyl groups excluding tert-OH is 1. The first-order chi connectivity index (χ1) is 7.38. The maximum absolute atomic E-state index is 12.0. The van der Waals surface area contributed by atoms with Gasteiger partial charge >= 0.3 is 0 Å². The van der Waals surface area contributed by atoms with Crippen molar-refractivity contribution in [1.82, 2.24) is 9.88 Å². The van der Waals surface area contributed by atoms with E-state index in [9.17, 15) is 4.79 Å². The van der Waals surface area contributed by atoms with Gasteiger partial charge in [-0.05, 0) is 26.0 Å². The van der Waals surface area contributed by atoms with E-state index >= 15 is 0 Å². The van der Waals surface area contributed by atoms with Gasteiger partial charge in [0.15, 0.2) is 0 Å². The van der Waals surface area contributed by atoms with Crippen molar-refractivity contribution in [2.45, 2.75) is 19.4 Å². The van der Waals surface area contributed by atoms with Gasteiger partial charge < -0.3 is 10.0 Å². The first-order valence-corrected chi connectivity index (χ1v) is 5.27. The fraction of sp³-hybridized carbons (Fsp3) is 0.455. The Balaban J connectivity index is 2.90. The van der Waals surface area contributed by atoms with Gasteiger partial charge in [0.05, 0.1) is 17.2 Å². The summed E-state index contributed by atoms with van der Waals surface area (Å²) in [5.41, 5.74) is -0.299. The molecular formula is C11H15ClN2O2. The number of carbonyl (C=O) groups is 1. The lowest BCUT2D eigenvalue weighted by molar-refractivity contribution is 0.0468. The van der Waals surface area contributed by atoms with Crippen LogP contribution in [0.4, 0.5) is 0 Å². The molecule has 0 aromatic carbocycles. The second kappa shape index (κ2) is 4.80.